The first-order valence-electron chi connectivity index (χ1n) is 8.59. The van der Waals surface area contributed by atoms with Crippen molar-refractivity contribution in [3.05, 3.63) is 36.0 Å². The summed E-state index contributed by atoms with van der Waals surface area (Å²) in [5.41, 5.74) is -0.266. The zero-order valence-corrected chi connectivity index (χ0v) is 15.0. The molecule has 0 heterocycles. The first kappa shape index (κ1) is 19.2. The number of hydrogen-bond acceptors (Lipinski definition) is 2. The number of aliphatic hydroxyl groups is 2. The minimum Gasteiger partial charge on any atom is -0.386 e. The Hall–Kier alpha value is -0.860. The zero-order valence-electron chi connectivity index (χ0n) is 15.0. The molecule has 1 rings (SSSR count). The smallest absolute Gasteiger partial charge is 0.0834 e. The first-order valence-corrected chi connectivity index (χ1v) is 8.59. The van der Waals surface area contributed by atoms with Crippen LogP contribution in [0.2, 0.25) is 0 Å². The molecule has 0 aliphatic heterocycles. The minimum absolute atomic E-state index is 0.491. The van der Waals surface area contributed by atoms with Crippen LogP contribution in [0.15, 0.2) is 36.0 Å². The van der Waals surface area contributed by atoms with E-state index >= 15 is 0 Å². The monoisotopic (exact) mass is 306 g/mol. The number of rotatable bonds is 1. The van der Waals surface area contributed by atoms with E-state index in [0.717, 1.165) is 19.3 Å². The summed E-state index contributed by atoms with van der Waals surface area (Å²) < 4.78 is 0. The largest absolute Gasteiger partial charge is 0.386 e. The predicted molar refractivity (Wildman–Crippen MR) is 94.7 cm³/mol. The van der Waals surface area contributed by atoms with E-state index in [2.05, 4.69) is 32.9 Å². The highest BCUT2D eigenvalue weighted by Gasteiger charge is 2.19. The Bertz CT molecular complexity index is 425. The molecule has 2 heteroatoms. The van der Waals surface area contributed by atoms with E-state index in [1.54, 1.807) is 0 Å². The molecule has 0 aromatic rings. The van der Waals surface area contributed by atoms with Gasteiger partial charge in [0.15, 0.2) is 0 Å². The van der Waals surface area contributed by atoms with Crippen LogP contribution in [0.3, 0.4) is 0 Å². The predicted octanol–water partition coefficient (Wildman–Crippen LogP) is 4.78. The Morgan fingerprint density at radius 1 is 1.14 bits per heavy atom. The van der Waals surface area contributed by atoms with Gasteiger partial charge >= 0.3 is 0 Å². The lowest BCUT2D eigenvalue weighted by Crippen LogP contribution is -2.23. The number of allylic oxidation sites excluding steroid dienone is 3. The lowest BCUT2D eigenvalue weighted by molar-refractivity contribution is 0.0985. The molecule has 3 atom stereocenters. The second-order valence-corrected chi connectivity index (χ2v) is 7.72. The van der Waals surface area contributed by atoms with E-state index in [0.29, 0.717) is 24.7 Å². The Morgan fingerprint density at radius 3 is 2.45 bits per heavy atom. The van der Waals surface area contributed by atoms with Gasteiger partial charge in [0.25, 0.3) is 0 Å². The van der Waals surface area contributed by atoms with Crippen LogP contribution < -0.4 is 0 Å². The average molecular weight is 306 g/mol. The Balaban J connectivity index is 2.96. The summed E-state index contributed by atoms with van der Waals surface area (Å²) in [5, 5.41) is 20.8. The third-order valence-corrected chi connectivity index (χ3v) is 4.58. The molecule has 0 aromatic heterocycles. The van der Waals surface area contributed by atoms with Gasteiger partial charge in [-0.2, -0.15) is 0 Å². The maximum atomic E-state index is 10.5. The van der Waals surface area contributed by atoms with Crippen LogP contribution in [0, 0.1) is 11.8 Å². The molecule has 0 bridgehead atoms. The summed E-state index contributed by atoms with van der Waals surface area (Å²) in [6, 6.07) is 0. The van der Waals surface area contributed by atoms with Crippen LogP contribution in [0.4, 0.5) is 0 Å². The lowest BCUT2D eigenvalue weighted by atomic mass is 9.86. The van der Waals surface area contributed by atoms with Crippen LogP contribution >= 0.6 is 0 Å². The average Bonchev–Trinajstić information content (AvgIpc) is 2.36. The van der Waals surface area contributed by atoms with Crippen molar-refractivity contribution in [3.8, 4) is 0 Å². The normalized spacial score (nSPS) is 40.5. The van der Waals surface area contributed by atoms with Crippen molar-refractivity contribution in [1.29, 1.82) is 0 Å². The maximum absolute atomic E-state index is 10.5. The van der Waals surface area contributed by atoms with Crippen molar-refractivity contribution in [2.24, 2.45) is 11.8 Å². The molecule has 0 unspecified atom stereocenters. The van der Waals surface area contributed by atoms with Crippen LogP contribution in [-0.4, -0.2) is 21.4 Å². The van der Waals surface area contributed by atoms with E-state index in [1.807, 2.05) is 32.1 Å². The summed E-state index contributed by atoms with van der Waals surface area (Å²) >= 11 is 0. The quantitative estimate of drug-likeness (QED) is 0.684. The Morgan fingerprint density at radius 2 is 1.82 bits per heavy atom. The van der Waals surface area contributed by atoms with Gasteiger partial charge in [-0.1, -0.05) is 49.8 Å². The third kappa shape index (κ3) is 7.42. The SMILES string of the molecule is C/C1=C/CC[C@@](C)(O)/C=C/C[C@@](C)(O)/C=C/[C@H](C(C)C)CC1. The van der Waals surface area contributed by atoms with Gasteiger partial charge in [0.2, 0.25) is 0 Å². The summed E-state index contributed by atoms with van der Waals surface area (Å²) in [4.78, 5) is 0. The van der Waals surface area contributed by atoms with Gasteiger partial charge in [0.05, 0.1) is 11.2 Å². The van der Waals surface area contributed by atoms with Crippen LogP contribution in [0.5, 0.6) is 0 Å². The summed E-state index contributed by atoms with van der Waals surface area (Å²) in [5.74, 6) is 1.06. The van der Waals surface area contributed by atoms with Crippen LogP contribution in [-0.2, 0) is 0 Å². The van der Waals surface area contributed by atoms with Crippen molar-refractivity contribution in [2.75, 3.05) is 0 Å². The van der Waals surface area contributed by atoms with Gasteiger partial charge in [0.1, 0.15) is 0 Å². The number of hydrogen-bond donors (Lipinski definition) is 2. The summed E-state index contributed by atoms with van der Waals surface area (Å²) in [6.45, 7) is 10.3. The fourth-order valence-electron chi connectivity index (χ4n) is 2.79. The molecule has 0 saturated heterocycles. The zero-order chi connectivity index (χ0) is 16.8. The van der Waals surface area contributed by atoms with Gasteiger partial charge in [-0.05, 0) is 64.7 Å². The Kier molecular flexibility index (Phi) is 7.08. The first-order chi connectivity index (χ1) is 10.1. The van der Waals surface area contributed by atoms with Gasteiger partial charge in [-0.3, -0.25) is 0 Å². The van der Waals surface area contributed by atoms with Gasteiger partial charge in [0, 0.05) is 0 Å². The van der Waals surface area contributed by atoms with E-state index in [4.69, 9.17) is 0 Å². The van der Waals surface area contributed by atoms with E-state index in [-0.39, 0.29) is 0 Å². The maximum Gasteiger partial charge on any atom is 0.0834 e. The van der Waals surface area contributed by atoms with Gasteiger partial charge in [-0.25, -0.2) is 0 Å². The van der Waals surface area contributed by atoms with E-state index in [9.17, 15) is 10.2 Å². The molecule has 0 radical (unpaired) electrons. The van der Waals surface area contributed by atoms with Crippen LogP contribution in [0.1, 0.15) is 66.7 Å². The fraction of sp³-hybridized carbons (Fsp3) is 0.700. The van der Waals surface area contributed by atoms with Gasteiger partial charge in [-0.15, -0.1) is 0 Å². The highest BCUT2D eigenvalue weighted by atomic mass is 16.3. The standard InChI is InChI=1S/C20H34O2/c1-16(2)18-10-9-17(3)8-6-12-19(4,21)13-7-14-20(5,22)15-11-18/h7-8,11,13,15-16,18,21-22H,6,9-10,12,14H2,1-5H3/b13-7+,15-11+,17-8-/t18-,19-,20-/m1/s1. The molecular weight excluding hydrogens is 272 g/mol. The second-order valence-electron chi connectivity index (χ2n) is 7.72. The molecule has 22 heavy (non-hydrogen) atoms. The molecule has 2 N–H and O–H groups in total. The Labute approximate surface area is 136 Å². The topological polar surface area (TPSA) is 40.5 Å². The molecule has 0 amide bonds. The molecular formula is C20H34O2. The van der Waals surface area contributed by atoms with E-state index in [1.165, 1.54) is 5.57 Å². The highest BCUT2D eigenvalue weighted by Crippen LogP contribution is 2.25. The van der Waals surface area contributed by atoms with Crippen molar-refractivity contribution in [3.63, 3.8) is 0 Å². The lowest BCUT2D eigenvalue weighted by Gasteiger charge is -2.23. The molecule has 0 aromatic carbocycles. The molecule has 0 saturated carbocycles. The summed E-state index contributed by atoms with van der Waals surface area (Å²) in [7, 11) is 0. The molecule has 0 fully saturated rings. The molecule has 126 valence electrons. The third-order valence-electron chi connectivity index (χ3n) is 4.58. The van der Waals surface area contributed by atoms with Crippen LogP contribution in [0.25, 0.3) is 0 Å². The molecule has 0 spiro atoms. The van der Waals surface area contributed by atoms with Crippen molar-refractivity contribution >= 4 is 0 Å². The summed E-state index contributed by atoms with van der Waals surface area (Å²) in [6.07, 6.45) is 14.4. The second kappa shape index (κ2) is 8.12. The van der Waals surface area contributed by atoms with Gasteiger partial charge < -0.3 is 10.2 Å². The van der Waals surface area contributed by atoms with Crippen molar-refractivity contribution in [2.45, 2.75) is 77.9 Å². The van der Waals surface area contributed by atoms with E-state index < -0.39 is 11.2 Å². The minimum atomic E-state index is -0.852. The molecule has 1 aliphatic carbocycles. The highest BCUT2D eigenvalue weighted by molar-refractivity contribution is 5.09. The molecule has 1 aliphatic rings. The van der Waals surface area contributed by atoms with Crippen molar-refractivity contribution in [1.82, 2.24) is 0 Å². The molecule has 2 nitrogen and oxygen atoms in total. The van der Waals surface area contributed by atoms with Crippen molar-refractivity contribution < 1.29 is 10.2 Å². The fourth-order valence-corrected chi connectivity index (χ4v) is 2.79.